The predicted octanol–water partition coefficient (Wildman–Crippen LogP) is 14.6. The molecule has 3 aliphatic heterocycles. The van der Waals surface area contributed by atoms with Gasteiger partial charge >= 0.3 is 0 Å². The molecule has 0 amide bonds. The van der Waals surface area contributed by atoms with Crippen LogP contribution in [0.4, 0.5) is 34.4 Å². The van der Waals surface area contributed by atoms with Gasteiger partial charge in [0.15, 0.2) is 0 Å². The highest BCUT2D eigenvalue weighted by atomic mass is 35.5. The number of rotatable bonds is 14. The molecule has 0 bridgehead atoms. The lowest BCUT2D eigenvalue weighted by Gasteiger charge is -2.49. The minimum Gasteiger partial charge on any atom is -0.368 e. The summed E-state index contributed by atoms with van der Waals surface area (Å²) in [5.74, 6) is 2.32. The Balaban J connectivity index is 0.000000227. The molecule has 0 saturated heterocycles. The molecule has 4 aromatic rings. The highest BCUT2D eigenvalue weighted by Crippen LogP contribution is 2.50. The SMILES string of the molecule is CCCC(CCC)N1CCC(NC)c2c1cc(C)nc2Nc1ccc(C)cc1Cl.CCCC(CCC)N1CCC2c3c1cc(C)nc3N(c1ccc(C)cc1Cl)C(=NC#N)N2C.CSC(=NC#N)SC. The van der Waals surface area contributed by atoms with Crippen molar-refractivity contribution >= 4 is 91.4 Å². The fourth-order valence-electron chi connectivity index (χ4n) is 10.1. The molecule has 7 rings (SSSR count). The smallest absolute Gasteiger partial charge is 0.223 e. The molecule has 0 spiro atoms. The standard InChI is InChI=1S/C26H33ClN6.C24H35ClN4.C4H6N2S2/c1-6-8-19(9-7-2)32-13-12-22-24-23(32)15-18(4)30-25(24)33(26(29-16-28)31(22)5)21-11-10-17(3)14-20(21)27;1-6-8-18(9-7-2)29-13-12-21(26-5)23-22(29)15-17(4)27-24(23)28-20-11-10-16(3)14-19(20)25;1-7-4(8-2)6-3-5/h10-11,14-15,19,22H,6-9,12-13H2,1-5H3;10-11,14-15,18,21,26H,6-9,12-13H2,1-5H3,(H,27,28);1-2H3. The summed E-state index contributed by atoms with van der Waals surface area (Å²) in [5, 5.41) is 26.0. The molecule has 0 aliphatic carbocycles. The average molecular weight is 1030 g/mol. The van der Waals surface area contributed by atoms with E-state index in [4.69, 9.17) is 38.4 Å². The molecule has 70 heavy (non-hydrogen) atoms. The lowest BCUT2D eigenvalue weighted by Crippen LogP contribution is -2.51. The van der Waals surface area contributed by atoms with Crippen LogP contribution in [0.15, 0.2) is 58.5 Å². The maximum atomic E-state index is 9.52. The van der Waals surface area contributed by atoms with Crippen molar-refractivity contribution in [1.29, 1.82) is 10.5 Å². The Morgan fingerprint density at radius 3 is 1.79 bits per heavy atom. The number of anilines is 6. The van der Waals surface area contributed by atoms with Gasteiger partial charge in [-0.15, -0.1) is 28.5 Å². The van der Waals surface area contributed by atoms with Gasteiger partial charge in [0, 0.05) is 72.2 Å². The number of nitriles is 2. The third-order valence-electron chi connectivity index (χ3n) is 13.2. The van der Waals surface area contributed by atoms with E-state index < -0.39 is 0 Å². The van der Waals surface area contributed by atoms with Crippen molar-refractivity contribution in [3.8, 4) is 12.4 Å². The number of nitrogens with one attached hydrogen (secondary N) is 2. The largest absolute Gasteiger partial charge is 0.368 e. The van der Waals surface area contributed by atoms with Gasteiger partial charge in [-0.2, -0.15) is 15.5 Å². The van der Waals surface area contributed by atoms with Gasteiger partial charge in [-0.3, -0.25) is 4.90 Å². The number of halogens is 2. The summed E-state index contributed by atoms with van der Waals surface area (Å²) in [6, 6.07) is 18.1. The van der Waals surface area contributed by atoms with E-state index in [1.165, 1.54) is 97.4 Å². The number of pyridine rings is 2. The van der Waals surface area contributed by atoms with Gasteiger partial charge < -0.3 is 25.3 Å². The molecule has 16 heteroatoms. The molecule has 12 nitrogen and oxygen atoms in total. The predicted molar refractivity (Wildman–Crippen MR) is 302 cm³/mol. The molecular weight excluding hydrogens is 952 g/mol. The van der Waals surface area contributed by atoms with Gasteiger partial charge in [0.05, 0.1) is 27.5 Å². The molecule has 0 radical (unpaired) electrons. The lowest BCUT2D eigenvalue weighted by molar-refractivity contribution is 0.322. The molecule has 2 aromatic carbocycles. The Morgan fingerprint density at radius 2 is 1.29 bits per heavy atom. The molecule has 5 heterocycles. The second-order valence-electron chi connectivity index (χ2n) is 18.3. The first-order valence-electron chi connectivity index (χ1n) is 24.8. The number of aromatic nitrogens is 2. The number of aliphatic imine (C=N–C) groups is 2. The van der Waals surface area contributed by atoms with Crippen LogP contribution in [0.3, 0.4) is 0 Å². The highest BCUT2D eigenvalue weighted by Gasteiger charge is 2.43. The van der Waals surface area contributed by atoms with Gasteiger partial charge in [0.2, 0.25) is 18.3 Å². The van der Waals surface area contributed by atoms with E-state index in [9.17, 15) is 5.26 Å². The van der Waals surface area contributed by atoms with Crippen molar-refractivity contribution in [3.05, 3.63) is 92.2 Å². The fourth-order valence-corrected chi connectivity index (χ4v) is 11.6. The average Bonchev–Trinajstić information content (AvgIpc) is 3.33. The molecule has 2 atom stereocenters. The zero-order chi connectivity index (χ0) is 51.1. The van der Waals surface area contributed by atoms with Crippen LogP contribution in [-0.4, -0.2) is 77.0 Å². The van der Waals surface area contributed by atoms with E-state index in [-0.39, 0.29) is 12.1 Å². The number of benzene rings is 2. The number of fused-ring (bicyclic) bond motifs is 1. The number of thioether (sulfide) groups is 2. The second kappa shape index (κ2) is 27.2. The van der Waals surface area contributed by atoms with Crippen LogP contribution in [0.25, 0.3) is 0 Å². The van der Waals surface area contributed by atoms with Crippen molar-refractivity contribution in [2.75, 3.05) is 59.7 Å². The van der Waals surface area contributed by atoms with Gasteiger partial charge in [0.25, 0.3) is 0 Å². The molecule has 2 N–H and O–H groups in total. The molecule has 0 fully saturated rings. The Labute approximate surface area is 437 Å². The summed E-state index contributed by atoms with van der Waals surface area (Å²) in [7, 11) is 4.07. The highest BCUT2D eigenvalue weighted by molar-refractivity contribution is 8.38. The van der Waals surface area contributed by atoms with Crippen molar-refractivity contribution in [3.63, 3.8) is 0 Å². The van der Waals surface area contributed by atoms with Crippen LogP contribution < -0.4 is 25.3 Å². The molecular formula is C54H74Cl2N12S2. The third kappa shape index (κ3) is 13.4. The number of hydrogen-bond donors (Lipinski definition) is 2. The first kappa shape index (κ1) is 56.2. The summed E-state index contributed by atoms with van der Waals surface area (Å²) in [4.78, 5) is 27.0. The number of aryl methyl sites for hydroxylation is 4. The van der Waals surface area contributed by atoms with E-state index in [1.807, 2.05) is 81.9 Å². The lowest BCUT2D eigenvalue weighted by atomic mass is 9.90. The Kier molecular flexibility index (Phi) is 21.9. The summed E-state index contributed by atoms with van der Waals surface area (Å²) in [5.41, 5.74) is 11.0. The second-order valence-corrected chi connectivity index (χ2v) is 20.9. The molecule has 3 aliphatic rings. The summed E-state index contributed by atoms with van der Waals surface area (Å²) in [6.07, 6.45) is 19.1. The fraction of sp³-hybridized carbons (Fsp3) is 0.519. The molecule has 2 aromatic heterocycles. The maximum absolute atomic E-state index is 9.52. The number of guanidine groups is 1. The Morgan fingerprint density at radius 1 is 0.743 bits per heavy atom. The zero-order valence-electron chi connectivity index (χ0n) is 43.5. The van der Waals surface area contributed by atoms with Crippen LogP contribution in [0, 0.1) is 50.6 Å². The minimum absolute atomic E-state index is 0.121. The molecule has 2 unspecified atom stereocenters. The minimum atomic E-state index is 0.121. The van der Waals surface area contributed by atoms with E-state index in [0.29, 0.717) is 23.1 Å². The van der Waals surface area contributed by atoms with Crippen LogP contribution in [-0.2, 0) is 0 Å². The normalized spacial score (nSPS) is 16.4. The Bertz CT molecular complexity index is 2520. The van der Waals surface area contributed by atoms with E-state index in [2.05, 4.69) is 95.1 Å². The number of nitrogens with zero attached hydrogens (tertiary/aromatic N) is 10. The van der Waals surface area contributed by atoms with Crippen LogP contribution in [0.2, 0.25) is 10.0 Å². The van der Waals surface area contributed by atoms with Gasteiger partial charge in [0.1, 0.15) is 16.0 Å². The maximum Gasteiger partial charge on any atom is 0.223 e. The topological polar surface area (TPSA) is 135 Å². The summed E-state index contributed by atoms with van der Waals surface area (Å²) in [6.45, 7) is 19.4. The van der Waals surface area contributed by atoms with E-state index >= 15 is 0 Å². The van der Waals surface area contributed by atoms with E-state index in [0.717, 1.165) is 80.9 Å². The summed E-state index contributed by atoms with van der Waals surface area (Å²) >= 11 is 16.2. The van der Waals surface area contributed by atoms with Gasteiger partial charge in [-0.05, 0) is 133 Å². The van der Waals surface area contributed by atoms with Crippen molar-refractivity contribution in [2.45, 2.75) is 144 Å². The van der Waals surface area contributed by atoms with Crippen LogP contribution in [0.1, 0.15) is 138 Å². The van der Waals surface area contributed by atoms with Crippen LogP contribution >= 0.6 is 46.7 Å². The van der Waals surface area contributed by atoms with Gasteiger partial charge in [-0.25, -0.2) is 9.97 Å². The van der Waals surface area contributed by atoms with E-state index in [1.54, 1.807) is 6.19 Å². The van der Waals surface area contributed by atoms with Crippen molar-refractivity contribution in [2.24, 2.45) is 9.98 Å². The zero-order valence-corrected chi connectivity index (χ0v) is 46.6. The van der Waals surface area contributed by atoms with Crippen LogP contribution in [0.5, 0.6) is 0 Å². The first-order chi connectivity index (χ1) is 33.7. The number of hydrogen-bond acceptors (Lipinski definition) is 12. The Hall–Kier alpha value is -4.70. The van der Waals surface area contributed by atoms with Crippen molar-refractivity contribution in [1.82, 2.24) is 20.2 Å². The van der Waals surface area contributed by atoms with Gasteiger partial charge in [-0.1, -0.05) is 88.7 Å². The quantitative estimate of drug-likeness (QED) is 0.0707. The van der Waals surface area contributed by atoms with Crippen molar-refractivity contribution < 1.29 is 0 Å². The third-order valence-corrected chi connectivity index (χ3v) is 15.7. The molecule has 376 valence electrons. The first-order valence-corrected chi connectivity index (χ1v) is 28.0. The summed E-state index contributed by atoms with van der Waals surface area (Å²) < 4.78 is 0.813. The molecule has 0 saturated carbocycles. The monoisotopic (exact) mass is 1020 g/mol.